The number of sulfonamides is 1. The second-order valence-electron chi connectivity index (χ2n) is 4.06. The Kier molecular flexibility index (Phi) is 4.41. The van der Waals surface area contributed by atoms with E-state index in [0.717, 1.165) is 4.47 Å². The molecule has 0 amide bonds. The molecule has 2 aromatic rings. The molecule has 3 N–H and O–H groups in total. The van der Waals surface area contributed by atoms with Crippen molar-refractivity contribution in [2.24, 2.45) is 0 Å². The van der Waals surface area contributed by atoms with Gasteiger partial charge in [-0.15, -0.1) is 0 Å². The smallest absolute Gasteiger partial charge is 0.242 e. The van der Waals surface area contributed by atoms with Crippen LogP contribution in [0.2, 0.25) is 0 Å². The molecule has 0 saturated heterocycles. The summed E-state index contributed by atoms with van der Waals surface area (Å²) < 4.78 is 32.1. The molecule has 108 valence electrons. The number of halogens is 1. The van der Waals surface area contributed by atoms with Crippen molar-refractivity contribution in [1.82, 2.24) is 14.9 Å². The Morgan fingerprint density at radius 3 is 2.80 bits per heavy atom. The lowest BCUT2D eigenvalue weighted by Gasteiger charge is -2.08. The number of hydrogen-bond donors (Lipinski definition) is 2. The summed E-state index contributed by atoms with van der Waals surface area (Å²) in [6.07, 6.45) is 0.340. The van der Waals surface area contributed by atoms with Crippen LogP contribution in [0, 0.1) is 6.92 Å². The van der Waals surface area contributed by atoms with Gasteiger partial charge in [-0.3, -0.25) is 0 Å². The molecule has 0 aliphatic heterocycles. The molecule has 0 atom stereocenters. The van der Waals surface area contributed by atoms with E-state index in [0.29, 0.717) is 18.1 Å². The summed E-state index contributed by atoms with van der Waals surface area (Å²) in [5.74, 6) is 0.897. The molecule has 1 heterocycles. The molecule has 0 saturated carbocycles. The fraction of sp³-hybridized carbons (Fsp3) is 0.273. The van der Waals surface area contributed by atoms with Gasteiger partial charge in [0.1, 0.15) is 4.90 Å². The van der Waals surface area contributed by atoms with Crippen LogP contribution in [0.4, 0.5) is 5.69 Å². The average Bonchev–Trinajstić information content (AvgIpc) is 2.74. The Balaban J connectivity index is 2.04. The van der Waals surface area contributed by atoms with Crippen LogP contribution in [0.25, 0.3) is 0 Å². The largest absolute Gasteiger partial charge is 0.398 e. The highest BCUT2D eigenvalue weighted by molar-refractivity contribution is 9.10. The van der Waals surface area contributed by atoms with Crippen molar-refractivity contribution in [3.05, 3.63) is 34.4 Å². The van der Waals surface area contributed by atoms with Crippen LogP contribution >= 0.6 is 15.9 Å². The number of nitrogens with one attached hydrogen (secondary N) is 1. The summed E-state index contributed by atoms with van der Waals surface area (Å²) in [5.41, 5.74) is 5.89. The maximum absolute atomic E-state index is 12.1. The number of hydrogen-bond acceptors (Lipinski definition) is 6. The van der Waals surface area contributed by atoms with Crippen LogP contribution in [0.15, 0.2) is 32.1 Å². The van der Waals surface area contributed by atoms with Crippen LogP contribution in [0.5, 0.6) is 0 Å². The van der Waals surface area contributed by atoms with Gasteiger partial charge in [0.05, 0.1) is 5.69 Å². The highest BCUT2D eigenvalue weighted by Gasteiger charge is 2.17. The second-order valence-corrected chi connectivity index (χ2v) is 6.71. The van der Waals surface area contributed by atoms with Crippen molar-refractivity contribution in [1.29, 1.82) is 0 Å². The molecular formula is C11H13BrN4O3S. The van der Waals surface area contributed by atoms with E-state index in [2.05, 4.69) is 30.8 Å². The molecular weight excluding hydrogens is 348 g/mol. The molecule has 9 heteroatoms. The number of benzene rings is 1. The van der Waals surface area contributed by atoms with Gasteiger partial charge in [0.2, 0.25) is 15.9 Å². The zero-order valence-corrected chi connectivity index (χ0v) is 13.0. The topological polar surface area (TPSA) is 111 Å². The zero-order chi connectivity index (χ0) is 14.8. The van der Waals surface area contributed by atoms with Crippen LogP contribution in [-0.2, 0) is 16.4 Å². The van der Waals surface area contributed by atoms with E-state index in [1.165, 1.54) is 12.1 Å². The van der Waals surface area contributed by atoms with Crippen LogP contribution in [0.3, 0.4) is 0 Å². The monoisotopic (exact) mass is 360 g/mol. The lowest BCUT2D eigenvalue weighted by atomic mass is 10.3. The highest BCUT2D eigenvalue weighted by Crippen LogP contribution is 2.22. The number of nitrogen functional groups attached to an aromatic ring is 1. The van der Waals surface area contributed by atoms with Gasteiger partial charge in [-0.2, -0.15) is 4.98 Å². The summed E-state index contributed by atoms with van der Waals surface area (Å²) in [4.78, 5) is 4.03. The van der Waals surface area contributed by atoms with Crippen LogP contribution in [-0.4, -0.2) is 25.1 Å². The minimum absolute atomic E-state index is 0.0463. The SMILES string of the molecule is Cc1nc(CCNS(=O)(=O)c2ccc(Br)cc2N)no1. The van der Waals surface area contributed by atoms with Crippen molar-refractivity contribution in [3.63, 3.8) is 0 Å². The van der Waals surface area contributed by atoms with Gasteiger partial charge in [-0.05, 0) is 18.2 Å². The predicted octanol–water partition coefficient (Wildman–Crippen LogP) is 1.24. The molecule has 20 heavy (non-hydrogen) atoms. The number of aryl methyl sites for hydroxylation is 1. The summed E-state index contributed by atoms with van der Waals surface area (Å²) in [7, 11) is -3.65. The van der Waals surface area contributed by atoms with Crippen molar-refractivity contribution in [2.75, 3.05) is 12.3 Å². The number of anilines is 1. The third-order valence-corrected chi connectivity index (χ3v) is 4.50. The maximum atomic E-state index is 12.1. The van der Waals surface area contributed by atoms with Crippen LogP contribution in [0.1, 0.15) is 11.7 Å². The first-order chi connectivity index (χ1) is 9.38. The minimum Gasteiger partial charge on any atom is -0.398 e. The summed E-state index contributed by atoms with van der Waals surface area (Å²) in [6, 6.07) is 4.60. The summed E-state index contributed by atoms with van der Waals surface area (Å²) in [6.45, 7) is 1.83. The van der Waals surface area contributed by atoms with Gasteiger partial charge in [0.25, 0.3) is 0 Å². The molecule has 1 aromatic heterocycles. The average molecular weight is 361 g/mol. The molecule has 0 spiro atoms. The van der Waals surface area contributed by atoms with E-state index in [1.54, 1.807) is 13.0 Å². The van der Waals surface area contributed by atoms with Crippen LogP contribution < -0.4 is 10.5 Å². The molecule has 0 unspecified atom stereocenters. The third kappa shape index (κ3) is 3.56. The lowest BCUT2D eigenvalue weighted by molar-refractivity contribution is 0.387. The first-order valence-corrected chi connectivity index (χ1v) is 8.00. The van der Waals surface area contributed by atoms with E-state index in [1.807, 2.05) is 0 Å². The van der Waals surface area contributed by atoms with E-state index in [-0.39, 0.29) is 17.1 Å². The van der Waals surface area contributed by atoms with Gasteiger partial charge in [0.15, 0.2) is 5.82 Å². The molecule has 1 aromatic carbocycles. The lowest BCUT2D eigenvalue weighted by Crippen LogP contribution is -2.27. The minimum atomic E-state index is -3.65. The Morgan fingerprint density at radius 2 is 2.20 bits per heavy atom. The Morgan fingerprint density at radius 1 is 1.45 bits per heavy atom. The first-order valence-electron chi connectivity index (χ1n) is 5.72. The van der Waals surface area contributed by atoms with Crippen molar-refractivity contribution in [3.8, 4) is 0 Å². The van der Waals surface area contributed by atoms with Gasteiger partial charge in [0, 0.05) is 24.4 Å². The van der Waals surface area contributed by atoms with E-state index in [9.17, 15) is 8.42 Å². The van der Waals surface area contributed by atoms with Gasteiger partial charge in [-0.1, -0.05) is 21.1 Å². The molecule has 0 radical (unpaired) electrons. The van der Waals surface area contributed by atoms with Gasteiger partial charge in [-0.25, -0.2) is 13.1 Å². The van der Waals surface area contributed by atoms with E-state index in [4.69, 9.17) is 10.3 Å². The Hall–Kier alpha value is -1.45. The molecule has 0 fully saturated rings. The zero-order valence-electron chi connectivity index (χ0n) is 10.6. The number of nitrogens with two attached hydrogens (primary N) is 1. The number of nitrogens with zero attached hydrogens (tertiary/aromatic N) is 2. The van der Waals surface area contributed by atoms with E-state index < -0.39 is 10.0 Å². The summed E-state index contributed by atoms with van der Waals surface area (Å²) in [5, 5.41) is 3.69. The third-order valence-electron chi connectivity index (χ3n) is 2.47. The standard InChI is InChI=1S/C11H13BrN4O3S/c1-7-15-11(16-19-7)4-5-14-20(17,18)10-3-2-8(12)6-9(10)13/h2-3,6,14H,4-5,13H2,1H3. The fourth-order valence-electron chi connectivity index (χ4n) is 1.58. The van der Waals surface area contributed by atoms with E-state index >= 15 is 0 Å². The molecule has 7 nitrogen and oxygen atoms in total. The van der Waals surface area contributed by atoms with Gasteiger partial charge >= 0.3 is 0 Å². The molecule has 0 aliphatic rings. The molecule has 0 bridgehead atoms. The number of rotatable bonds is 5. The highest BCUT2D eigenvalue weighted by atomic mass is 79.9. The molecule has 0 aliphatic carbocycles. The first kappa shape index (κ1) is 14.9. The quantitative estimate of drug-likeness (QED) is 0.776. The second kappa shape index (κ2) is 5.90. The Labute approximate surface area is 124 Å². The van der Waals surface area contributed by atoms with Crippen molar-refractivity contribution in [2.45, 2.75) is 18.2 Å². The van der Waals surface area contributed by atoms with Crippen molar-refractivity contribution < 1.29 is 12.9 Å². The normalized spacial score (nSPS) is 11.7. The Bertz CT molecular complexity index is 714. The van der Waals surface area contributed by atoms with Gasteiger partial charge < -0.3 is 10.3 Å². The predicted molar refractivity (Wildman–Crippen MR) is 76.5 cm³/mol. The fourth-order valence-corrected chi connectivity index (χ4v) is 3.10. The maximum Gasteiger partial charge on any atom is 0.242 e. The number of aromatic nitrogens is 2. The summed E-state index contributed by atoms with van der Waals surface area (Å²) >= 11 is 3.23. The van der Waals surface area contributed by atoms with Crippen molar-refractivity contribution >= 4 is 31.6 Å². The molecule has 2 rings (SSSR count).